The van der Waals surface area contributed by atoms with Crippen LogP contribution in [0, 0.1) is 0 Å². The molecule has 0 aromatic heterocycles. The molecule has 2 unspecified atom stereocenters. The largest absolute Gasteiger partial charge is 0.382 e. The van der Waals surface area contributed by atoms with Gasteiger partial charge in [0.15, 0.2) is 0 Å². The summed E-state index contributed by atoms with van der Waals surface area (Å²) in [7, 11) is 2.95. The smallest absolute Gasteiger partial charge is 0.109 e. The molecule has 218 valence electrons. The Labute approximate surface area is 235 Å². The maximum atomic E-state index is 10.2. The first-order valence-corrected chi connectivity index (χ1v) is 18.7. The minimum absolute atomic E-state index is 0.330. The van der Waals surface area contributed by atoms with Crippen molar-refractivity contribution in [2.24, 2.45) is 0 Å². The standard InChI is InChI=1S/C32H66O2S2/c1-3-5-7-9-11-13-15-17-19-21-23-25-27-29-31(33)35-36-32(34)30-28-26-24-22-20-18-16-14-12-10-8-6-4-2/h31-34H,3-30H2,1-2H3. The van der Waals surface area contributed by atoms with Crippen LogP contribution >= 0.6 is 21.6 Å². The molecule has 36 heavy (non-hydrogen) atoms. The molecule has 0 heterocycles. The highest BCUT2D eigenvalue weighted by Gasteiger charge is 2.10. The highest BCUT2D eigenvalue weighted by molar-refractivity contribution is 8.77. The van der Waals surface area contributed by atoms with Crippen LogP contribution in [0.1, 0.15) is 194 Å². The van der Waals surface area contributed by atoms with Crippen molar-refractivity contribution in [3.8, 4) is 0 Å². The van der Waals surface area contributed by atoms with Gasteiger partial charge in [0.2, 0.25) is 0 Å². The van der Waals surface area contributed by atoms with Gasteiger partial charge in [0, 0.05) is 0 Å². The number of aliphatic hydroxyl groups excluding tert-OH is 2. The first-order valence-electron chi connectivity index (χ1n) is 16.4. The molecule has 0 fully saturated rings. The van der Waals surface area contributed by atoms with Crippen molar-refractivity contribution in [3.63, 3.8) is 0 Å². The first kappa shape index (κ1) is 36.6. The summed E-state index contributed by atoms with van der Waals surface area (Å²) in [5.41, 5.74) is -0.659. The molecule has 0 aromatic carbocycles. The van der Waals surface area contributed by atoms with E-state index in [2.05, 4.69) is 13.8 Å². The molecular formula is C32H66O2S2. The lowest BCUT2D eigenvalue weighted by Gasteiger charge is -2.13. The second kappa shape index (κ2) is 31.8. The van der Waals surface area contributed by atoms with Gasteiger partial charge in [0.05, 0.1) is 0 Å². The average Bonchev–Trinajstić information content (AvgIpc) is 2.88. The summed E-state index contributed by atoms with van der Waals surface area (Å²) in [5.74, 6) is 0. The third kappa shape index (κ3) is 30.8. The lowest BCUT2D eigenvalue weighted by atomic mass is 10.0. The maximum absolute atomic E-state index is 10.2. The predicted octanol–water partition coefficient (Wildman–Crippen LogP) is 12.0. The predicted molar refractivity (Wildman–Crippen MR) is 168 cm³/mol. The molecular weight excluding hydrogens is 480 g/mol. The second-order valence-electron chi connectivity index (χ2n) is 11.2. The number of rotatable bonds is 31. The molecule has 0 radical (unpaired) electrons. The topological polar surface area (TPSA) is 40.5 Å². The number of hydrogen-bond acceptors (Lipinski definition) is 4. The van der Waals surface area contributed by atoms with Gasteiger partial charge in [-0.3, -0.25) is 0 Å². The molecule has 0 aromatic rings. The zero-order chi connectivity index (χ0) is 26.4. The zero-order valence-corrected chi connectivity index (χ0v) is 26.3. The van der Waals surface area contributed by atoms with Gasteiger partial charge in [-0.2, -0.15) is 0 Å². The Bertz CT molecular complexity index is 358. The SMILES string of the molecule is CCCCCCCCCCCCCCCC(O)SSC(O)CCCCCCCCCCCCCCC. The van der Waals surface area contributed by atoms with Gasteiger partial charge in [-0.1, -0.05) is 190 Å². The van der Waals surface area contributed by atoms with Gasteiger partial charge < -0.3 is 10.2 Å². The van der Waals surface area contributed by atoms with Crippen molar-refractivity contribution in [1.82, 2.24) is 0 Å². The van der Waals surface area contributed by atoms with E-state index in [1.807, 2.05) is 0 Å². The van der Waals surface area contributed by atoms with E-state index >= 15 is 0 Å². The summed E-state index contributed by atoms with van der Waals surface area (Å²) < 4.78 is 0. The molecule has 2 N–H and O–H groups in total. The summed E-state index contributed by atoms with van der Waals surface area (Å²) in [6.45, 7) is 4.57. The third-order valence-corrected chi connectivity index (χ3v) is 10.1. The van der Waals surface area contributed by atoms with Crippen LogP contribution in [0.25, 0.3) is 0 Å². The van der Waals surface area contributed by atoms with E-state index in [1.54, 1.807) is 0 Å². The highest BCUT2D eigenvalue weighted by Crippen LogP contribution is 2.33. The van der Waals surface area contributed by atoms with Crippen LogP contribution in [0.5, 0.6) is 0 Å². The summed E-state index contributed by atoms with van der Waals surface area (Å²) in [4.78, 5) is 0. The van der Waals surface area contributed by atoms with Gasteiger partial charge in [0.1, 0.15) is 10.9 Å². The van der Waals surface area contributed by atoms with E-state index in [-0.39, 0.29) is 10.9 Å². The minimum atomic E-state index is -0.330. The van der Waals surface area contributed by atoms with E-state index in [0.717, 1.165) is 25.7 Å². The first-order chi connectivity index (χ1) is 17.7. The van der Waals surface area contributed by atoms with Crippen molar-refractivity contribution in [3.05, 3.63) is 0 Å². The zero-order valence-electron chi connectivity index (χ0n) is 24.7. The Kier molecular flexibility index (Phi) is 32.4. The molecule has 0 aliphatic heterocycles. The molecule has 0 saturated carbocycles. The number of aliphatic hydroxyl groups is 2. The van der Waals surface area contributed by atoms with Crippen LogP contribution in [0.3, 0.4) is 0 Å². The Morgan fingerprint density at radius 1 is 0.333 bits per heavy atom. The molecule has 0 rings (SSSR count). The van der Waals surface area contributed by atoms with Crippen molar-refractivity contribution >= 4 is 21.6 Å². The van der Waals surface area contributed by atoms with E-state index < -0.39 is 0 Å². The van der Waals surface area contributed by atoms with Crippen LogP contribution in [0.15, 0.2) is 0 Å². The Morgan fingerprint density at radius 2 is 0.528 bits per heavy atom. The Hall–Kier alpha value is 0.620. The molecule has 2 nitrogen and oxygen atoms in total. The highest BCUT2D eigenvalue weighted by atomic mass is 33.1. The van der Waals surface area contributed by atoms with Crippen LogP contribution in [0.4, 0.5) is 0 Å². The fourth-order valence-corrected chi connectivity index (χ4v) is 7.03. The maximum Gasteiger partial charge on any atom is 0.109 e. The quantitative estimate of drug-likeness (QED) is 0.0515. The lowest BCUT2D eigenvalue weighted by molar-refractivity contribution is 0.244. The molecule has 0 amide bonds. The summed E-state index contributed by atoms with van der Waals surface area (Å²) >= 11 is 0. The molecule has 2 atom stereocenters. The third-order valence-electron chi connectivity index (χ3n) is 7.39. The lowest BCUT2D eigenvalue weighted by Crippen LogP contribution is -2.03. The van der Waals surface area contributed by atoms with Gasteiger partial charge in [-0.15, -0.1) is 0 Å². The number of hydrogen-bond donors (Lipinski definition) is 2. The number of unbranched alkanes of at least 4 members (excludes halogenated alkanes) is 24. The molecule has 4 heteroatoms. The summed E-state index contributed by atoms with van der Waals surface area (Å²) in [6, 6.07) is 0. The van der Waals surface area contributed by atoms with Gasteiger partial charge in [0.25, 0.3) is 0 Å². The molecule has 0 aliphatic rings. The van der Waals surface area contributed by atoms with E-state index in [9.17, 15) is 10.2 Å². The Morgan fingerprint density at radius 3 is 0.750 bits per heavy atom. The monoisotopic (exact) mass is 546 g/mol. The molecule has 0 saturated heterocycles. The summed E-state index contributed by atoms with van der Waals surface area (Å²) in [6.07, 6.45) is 37.1. The fourth-order valence-electron chi connectivity index (χ4n) is 4.90. The normalized spacial score (nSPS) is 13.3. The van der Waals surface area contributed by atoms with Crippen LogP contribution in [-0.2, 0) is 0 Å². The molecule has 0 bridgehead atoms. The van der Waals surface area contributed by atoms with E-state index in [1.165, 1.54) is 176 Å². The van der Waals surface area contributed by atoms with Crippen molar-refractivity contribution in [2.45, 2.75) is 205 Å². The van der Waals surface area contributed by atoms with Crippen LogP contribution < -0.4 is 0 Å². The molecule has 0 aliphatic carbocycles. The van der Waals surface area contributed by atoms with Crippen LogP contribution in [-0.4, -0.2) is 21.1 Å². The molecule has 0 spiro atoms. The van der Waals surface area contributed by atoms with E-state index in [4.69, 9.17) is 0 Å². The van der Waals surface area contributed by atoms with Crippen molar-refractivity contribution < 1.29 is 10.2 Å². The summed E-state index contributed by atoms with van der Waals surface area (Å²) in [5, 5.41) is 20.4. The van der Waals surface area contributed by atoms with Crippen LogP contribution in [0.2, 0.25) is 0 Å². The van der Waals surface area contributed by atoms with Gasteiger partial charge >= 0.3 is 0 Å². The fraction of sp³-hybridized carbons (Fsp3) is 1.00. The van der Waals surface area contributed by atoms with Gasteiger partial charge in [-0.25, -0.2) is 0 Å². The van der Waals surface area contributed by atoms with Gasteiger partial charge in [-0.05, 0) is 25.7 Å². The second-order valence-corrected chi connectivity index (χ2v) is 13.8. The minimum Gasteiger partial charge on any atom is -0.382 e. The Balaban J connectivity index is 3.27. The van der Waals surface area contributed by atoms with Crippen molar-refractivity contribution in [2.75, 3.05) is 0 Å². The van der Waals surface area contributed by atoms with E-state index in [0.29, 0.717) is 0 Å². The average molecular weight is 547 g/mol. The van der Waals surface area contributed by atoms with Crippen molar-refractivity contribution in [1.29, 1.82) is 0 Å².